The first-order valence-electron chi connectivity index (χ1n) is 8.20. The van der Waals surface area contributed by atoms with Crippen molar-refractivity contribution in [3.8, 4) is 0 Å². The number of aromatic amines is 2. The average molecular weight is 384 g/mol. The molecule has 0 aliphatic carbocycles. The Labute approximate surface area is 157 Å². The summed E-state index contributed by atoms with van der Waals surface area (Å²) in [4.78, 5) is 52.1. The number of benzene rings is 1. The van der Waals surface area contributed by atoms with Crippen LogP contribution in [0.15, 0.2) is 57.8 Å². The van der Waals surface area contributed by atoms with Crippen molar-refractivity contribution >= 4 is 17.5 Å². The number of fused-ring (bicyclic) bond motifs is 1. The molecule has 2 heterocycles. The number of non-ortho nitro benzene ring substituents is 1. The highest BCUT2D eigenvalue weighted by atomic mass is 16.6. The van der Waals surface area contributed by atoms with Crippen LogP contribution < -0.4 is 16.6 Å². The van der Waals surface area contributed by atoms with Crippen LogP contribution in [0.2, 0.25) is 0 Å². The van der Waals surface area contributed by atoms with Crippen LogP contribution in [0.3, 0.4) is 0 Å². The monoisotopic (exact) mass is 384 g/mol. The molecule has 0 saturated carbocycles. The summed E-state index contributed by atoms with van der Waals surface area (Å²) in [6.45, 7) is 5.02. The Morgan fingerprint density at radius 3 is 2.79 bits per heavy atom. The maximum atomic E-state index is 12.7. The van der Waals surface area contributed by atoms with Gasteiger partial charge in [0.15, 0.2) is 0 Å². The van der Waals surface area contributed by atoms with E-state index < -0.39 is 28.1 Å². The van der Waals surface area contributed by atoms with Crippen LogP contribution in [-0.4, -0.2) is 27.5 Å². The largest absolute Gasteiger partial charge is 0.458 e. The summed E-state index contributed by atoms with van der Waals surface area (Å²) in [5, 5.41) is 14.0. The zero-order chi connectivity index (χ0) is 20.4. The summed E-state index contributed by atoms with van der Waals surface area (Å²) in [5.74, 6) is -1.57. The van der Waals surface area contributed by atoms with Gasteiger partial charge < -0.3 is 10.1 Å². The van der Waals surface area contributed by atoms with E-state index in [1.54, 1.807) is 13.0 Å². The molecular weight excluding hydrogens is 368 g/mol. The Kier molecular flexibility index (Phi) is 4.94. The molecule has 1 aromatic heterocycles. The van der Waals surface area contributed by atoms with E-state index in [0.717, 1.165) is 0 Å². The first-order chi connectivity index (χ1) is 13.3. The van der Waals surface area contributed by atoms with Crippen molar-refractivity contribution < 1.29 is 14.5 Å². The van der Waals surface area contributed by atoms with Crippen LogP contribution in [0.5, 0.6) is 0 Å². The normalized spacial score (nSPS) is 15.4. The number of allylic oxidation sites excluding steroid dienone is 1. The highest BCUT2D eigenvalue weighted by molar-refractivity contribution is 5.94. The standard InChI is InChI=1S/C18H16N4O6/c1-3-7-28-17(24)12-9(2)19-15-14(16(23)21-18(25)20-15)13(12)10-5-4-6-11(8-10)22(26)27/h3-6,8,13H,1,7H2,2H3,(H3,19,20,21,23,25)/t13-/m0/s1. The van der Waals surface area contributed by atoms with Crippen molar-refractivity contribution in [2.45, 2.75) is 12.8 Å². The molecule has 0 radical (unpaired) electrons. The summed E-state index contributed by atoms with van der Waals surface area (Å²) in [6.07, 6.45) is 1.39. The molecule has 0 amide bonds. The molecule has 2 aromatic rings. The molecule has 144 valence electrons. The minimum Gasteiger partial charge on any atom is -0.458 e. The number of H-pyrrole nitrogens is 2. The van der Waals surface area contributed by atoms with E-state index in [9.17, 15) is 24.5 Å². The third-order valence-electron chi connectivity index (χ3n) is 4.24. The van der Waals surface area contributed by atoms with Gasteiger partial charge in [-0.3, -0.25) is 24.9 Å². The van der Waals surface area contributed by atoms with E-state index >= 15 is 0 Å². The Bertz CT molecular complexity index is 1130. The second-order valence-electron chi connectivity index (χ2n) is 6.03. The lowest BCUT2D eigenvalue weighted by molar-refractivity contribution is -0.384. The molecule has 10 nitrogen and oxygen atoms in total. The Morgan fingerprint density at radius 1 is 1.36 bits per heavy atom. The third kappa shape index (κ3) is 3.34. The van der Waals surface area contributed by atoms with Gasteiger partial charge in [-0.2, -0.15) is 0 Å². The van der Waals surface area contributed by atoms with Gasteiger partial charge in [-0.1, -0.05) is 24.8 Å². The van der Waals surface area contributed by atoms with Gasteiger partial charge in [0.05, 0.1) is 22.0 Å². The van der Waals surface area contributed by atoms with Crippen molar-refractivity contribution in [2.75, 3.05) is 11.9 Å². The predicted molar refractivity (Wildman–Crippen MR) is 100 cm³/mol. The number of ether oxygens (including phenoxy) is 1. The molecule has 1 aliphatic rings. The zero-order valence-corrected chi connectivity index (χ0v) is 14.8. The molecule has 0 fully saturated rings. The van der Waals surface area contributed by atoms with Crippen LogP contribution in [0, 0.1) is 10.1 Å². The van der Waals surface area contributed by atoms with Gasteiger partial charge in [0.2, 0.25) is 0 Å². The number of nitro benzene ring substituents is 1. The number of carbonyl (C=O) groups excluding carboxylic acids is 1. The molecule has 0 unspecified atom stereocenters. The number of rotatable bonds is 5. The van der Waals surface area contributed by atoms with Crippen LogP contribution in [-0.2, 0) is 9.53 Å². The topological polar surface area (TPSA) is 147 Å². The highest BCUT2D eigenvalue weighted by Crippen LogP contribution is 2.39. The van der Waals surface area contributed by atoms with Crippen LogP contribution >= 0.6 is 0 Å². The van der Waals surface area contributed by atoms with Crippen LogP contribution in [0.1, 0.15) is 24.0 Å². The van der Waals surface area contributed by atoms with Crippen molar-refractivity contribution in [1.29, 1.82) is 0 Å². The molecule has 1 aromatic carbocycles. The van der Waals surface area contributed by atoms with E-state index in [-0.39, 0.29) is 29.2 Å². The van der Waals surface area contributed by atoms with Crippen LogP contribution in [0.25, 0.3) is 0 Å². The molecular formula is C18H16N4O6. The fourth-order valence-electron chi connectivity index (χ4n) is 3.12. The Hall–Kier alpha value is -3.95. The molecule has 0 saturated heterocycles. The van der Waals surface area contributed by atoms with Gasteiger partial charge in [0, 0.05) is 17.8 Å². The van der Waals surface area contributed by atoms with Gasteiger partial charge in [0.25, 0.3) is 11.2 Å². The van der Waals surface area contributed by atoms with Crippen molar-refractivity contribution in [3.63, 3.8) is 0 Å². The molecule has 1 atom stereocenters. The fraction of sp³-hybridized carbons (Fsp3) is 0.167. The number of nitro groups is 1. The van der Waals surface area contributed by atoms with E-state index in [4.69, 9.17) is 4.74 Å². The zero-order valence-electron chi connectivity index (χ0n) is 14.8. The lowest BCUT2D eigenvalue weighted by Gasteiger charge is -2.28. The lowest BCUT2D eigenvalue weighted by Crippen LogP contribution is -2.35. The quantitative estimate of drug-likeness (QED) is 0.306. The number of hydrogen-bond donors (Lipinski definition) is 3. The summed E-state index contributed by atoms with van der Waals surface area (Å²) in [7, 11) is 0. The molecule has 0 bridgehead atoms. The first kappa shape index (κ1) is 18.8. The summed E-state index contributed by atoms with van der Waals surface area (Å²) in [5.41, 5.74) is -0.805. The summed E-state index contributed by atoms with van der Waals surface area (Å²) < 4.78 is 5.14. The number of hydrogen-bond acceptors (Lipinski definition) is 7. The maximum Gasteiger partial charge on any atom is 0.337 e. The predicted octanol–water partition coefficient (Wildman–Crippen LogP) is 1.53. The minimum atomic E-state index is -0.978. The van der Waals surface area contributed by atoms with Gasteiger partial charge in [-0.05, 0) is 12.5 Å². The smallest absolute Gasteiger partial charge is 0.337 e. The summed E-state index contributed by atoms with van der Waals surface area (Å²) >= 11 is 0. The third-order valence-corrected chi connectivity index (χ3v) is 4.24. The first-order valence-corrected chi connectivity index (χ1v) is 8.20. The summed E-state index contributed by atoms with van der Waals surface area (Å²) in [6, 6.07) is 5.59. The number of esters is 1. The number of nitrogens with one attached hydrogen (secondary N) is 3. The van der Waals surface area contributed by atoms with Crippen molar-refractivity contribution in [2.24, 2.45) is 0 Å². The molecule has 28 heavy (non-hydrogen) atoms. The van der Waals surface area contributed by atoms with Gasteiger partial charge in [-0.15, -0.1) is 0 Å². The Morgan fingerprint density at radius 2 is 2.11 bits per heavy atom. The van der Waals surface area contributed by atoms with Crippen molar-refractivity contribution in [3.05, 3.63) is 90.3 Å². The van der Waals surface area contributed by atoms with E-state index in [1.165, 1.54) is 24.3 Å². The van der Waals surface area contributed by atoms with Gasteiger partial charge >= 0.3 is 11.7 Å². The maximum absolute atomic E-state index is 12.7. The second kappa shape index (κ2) is 7.35. The van der Waals surface area contributed by atoms with E-state index in [1.807, 2.05) is 0 Å². The van der Waals surface area contributed by atoms with Crippen LogP contribution in [0.4, 0.5) is 11.5 Å². The van der Waals surface area contributed by atoms with Crippen molar-refractivity contribution in [1.82, 2.24) is 9.97 Å². The molecule has 3 N–H and O–H groups in total. The van der Waals surface area contributed by atoms with E-state index in [2.05, 4.69) is 21.9 Å². The highest BCUT2D eigenvalue weighted by Gasteiger charge is 2.36. The number of anilines is 1. The molecule has 10 heteroatoms. The SMILES string of the molecule is C=CCOC(=O)C1=C(C)Nc2[nH]c(=O)[nH]c(=O)c2[C@H]1c1cccc([N+](=O)[O-])c1. The molecule has 1 aliphatic heterocycles. The molecule has 3 rings (SSSR count). The second-order valence-corrected chi connectivity index (χ2v) is 6.03. The average Bonchev–Trinajstić information content (AvgIpc) is 2.64. The number of carbonyl (C=O) groups is 1. The van der Waals surface area contributed by atoms with Gasteiger partial charge in [0.1, 0.15) is 12.4 Å². The number of aromatic nitrogens is 2. The minimum absolute atomic E-state index is 0.0495. The molecule has 0 spiro atoms. The van der Waals surface area contributed by atoms with Gasteiger partial charge in [-0.25, -0.2) is 9.59 Å². The van der Waals surface area contributed by atoms with E-state index in [0.29, 0.717) is 11.3 Å². The number of nitrogens with zero attached hydrogens (tertiary/aromatic N) is 1. The fourth-order valence-corrected chi connectivity index (χ4v) is 3.12. The lowest BCUT2D eigenvalue weighted by atomic mass is 9.82. The Balaban J connectivity index is 2.27.